The van der Waals surface area contributed by atoms with E-state index >= 15 is 0 Å². The number of hydrogen-bond acceptors (Lipinski definition) is 5. The average Bonchev–Trinajstić information content (AvgIpc) is 2.98. The van der Waals surface area contributed by atoms with Crippen LogP contribution in [0.3, 0.4) is 0 Å². The number of furan rings is 1. The topological polar surface area (TPSA) is 70.5 Å². The van der Waals surface area contributed by atoms with Gasteiger partial charge in [0.2, 0.25) is 6.29 Å². The van der Waals surface area contributed by atoms with Gasteiger partial charge in [-0.3, -0.25) is 4.98 Å². The van der Waals surface area contributed by atoms with Gasteiger partial charge in [0.25, 0.3) is 0 Å². The van der Waals surface area contributed by atoms with E-state index in [0.29, 0.717) is 24.7 Å². The number of aromatic nitrogens is 1. The molecule has 0 aliphatic rings. The van der Waals surface area contributed by atoms with E-state index in [2.05, 4.69) is 4.98 Å². The summed E-state index contributed by atoms with van der Waals surface area (Å²) >= 11 is 0. The molecule has 120 valence electrons. The molecular weight excluding hydrogens is 292 g/mol. The van der Waals surface area contributed by atoms with E-state index in [1.54, 1.807) is 12.4 Å². The summed E-state index contributed by atoms with van der Waals surface area (Å²) in [4.78, 5) is 4.30. The third-order valence-electron chi connectivity index (χ3n) is 3.51. The number of rotatable bonds is 6. The Morgan fingerprint density at radius 1 is 1.13 bits per heavy atom. The smallest absolute Gasteiger partial charge is 0.217 e. The highest BCUT2D eigenvalue weighted by Crippen LogP contribution is 2.33. The van der Waals surface area contributed by atoms with Gasteiger partial charge in [0.05, 0.1) is 0 Å². The van der Waals surface area contributed by atoms with Crippen LogP contribution < -0.4 is 5.73 Å². The van der Waals surface area contributed by atoms with Crippen LogP contribution in [0.25, 0.3) is 22.1 Å². The second-order valence-corrected chi connectivity index (χ2v) is 5.12. The Bertz CT molecular complexity index is 792. The molecule has 2 aromatic heterocycles. The van der Waals surface area contributed by atoms with Crippen molar-refractivity contribution in [3.05, 3.63) is 48.5 Å². The van der Waals surface area contributed by atoms with Crippen LogP contribution in [-0.2, 0) is 9.47 Å². The van der Waals surface area contributed by atoms with E-state index in [0.717, 1.165) is 22.1 Å². The number of fused-ring (bicyclic) bond motifs is 1. The van der Waals surface area contributed by atoms with E-state index < -0.39 is 6.29 Å². The number of hydrogen-bond donors (Lipinski definition) is 1. The lowest BCUT2D eigenvalue weighted by Crippen LogP contribution is -2.07. The van der Waals surface area contributed by atoms with Crippen molar-refractivity contribution in [1.29, 1.82) is 0 Å². The van der Waals surface area contributed by atoms with E-state index in [9.17, 15) is 0 Å². The number of benzene rings is 1. The van der Waals surface area contributed by atoms with Crippen LogP contribution in [-0.4, -0.2) is 18.2 Å². The quantitative estimate of drug-likeness (QED) is 0.547. The standard InChI is InChI=1S/C18H20N2O3/c1-3-21-18(22-4-2)16-9-13-10-20-11-15(17(13)23-16)12-6-5-7-14(19)8-12/h5-11,18H,3-4,19H2,1-2H3. The minimum Gasteiger partial charge on any atom is -0.455 e. The Balaban J connectivity index is 2.07. The Hall–Kier alpha value is -2.37. The molecule has 0 atom stereocenters. The number of anilines is 1. The molecule has 0 aliphatic heterocycles. The number of ether oxygens (including phenoxy) is 2. The molecule has 3 rings (SSSR count). The van der Waals surface area contributed by atoms with E-state index in [4.69, 9.17) is 19.6 Å². The third kappa shape index (κ3) is 3.21. The zero-order valence-corrected chi connectivity index (χ0v) is 13.3. The summed E-state index contributed by atoms with van der Waals surface area (Å²) < 4.78 is 17.2. The zero-order valence-electron chi connectivity index (χ0n) is 13.3. The first-order valence-electron chi connectivity index (χ1n) is 7.69. The lowest BCUT2D eigenvalue weighted by Gasteiger charge is -2.13. The van der Waals surface area contributed by atoms with Crippen LogP contribution in [0.5, 0.6) is 0 Å². The van der Waals surface area contributed by atoms with Crippen LogP contribution in [0.4, 0.5) is 5.69 Å². The first-order valence-corrected chi connectivity index (χ1v) is 7.69. The number of nitrogens with zero attached hydrogens (tertiary/aromatic N) is 1. The van der Waals surface area contributed by atoms with Gasteiger partial charge in [-0.15, -0.1) is 0 Å². The Morgan fingerprint density at radius 3 is 2.61 bits per heavy atom. The summed E-state index contributed by atoms with van der Waals surface area (Å²) in [5, 5.41) is 0.907. The molecule has 0 fully saturated rings. The van der Waals surface area contributed by atoms with Crippen molar-refractivity contribution in [2.75, 3.05) is 18.9 Å². The molecule has 3 aromatic rings. The highest BCUT2D eigenvalue weighted by Gasteiger charge is 2.19. The van der Waals surface area contributed by atoms with Gasteiger partial charge in [0.15, 0.2) is 5.76 Å². The molecule has 5 nitrogen and oxygen atoms in total. The van der Waals surface area contributed by atoms with Gasteiger partial charge in [0, 0.05) is 42.2 Å². The maximum atomic E-state index is 6.03. The zero-order chi connectivity index (χ0) is 16.2. The minimum atomic E-state index is -0.508. The highest BCUT2D eigenvalue weighted by atomic mass is 16.7. The number of pyridine rings is 1. The van der Waals surface area contributed by atoms with Crippen molar-refractivity contribution in [2.24, 2.45) is 0 Å². The second-order valence-electron chi connectivity index (χ2n) is 5.12. The van der Waals surface area contributed by atoms with E-state index in [1.165, 1.54) is 0 Å². The van der Waals surface area contributed by atoms with Crippen molar-refractivity contribution < 1.29 is 13.9 Å². The maximum absolute atomic E-state index is 6.03. The summed E-state index contributed by atoms with van der Waals surface area (Å²) in [6.45, 7) is 4.94. The third-order valence-corrected chi connectivity index (χ3v) is 3.51. The van der Waals surface area contributed by atoms with Crippen LogP contribution in [0, 0.1) is 0 Å². The van der Waals surface area contributed by atoms with Crippen molar-refractivity contribution >= 4 is 16.7 Å². The summed E-state index contributed by atoms with van der Waals surface area (Å²) in [5.74, 6) is 0.641. The molecule has 1 aromatic carbocycles. The average molecular weight is 312 g/mol. The van der Waals surface area contributed by atoms with Crippen LogP contribution in [0.2, 0.25) is 0 Å². The Morgan fingerprint density at radius 2 is 1.91 bits per heavy atom. The molecule has 0 amide bonds. The lowest BCUT2D eigenvalue weighted by atomic mass is 10.1. The van der Waals surface area contributed by atoms with Crippen LogP contribution in [0.15, 0.2) is 47.1 Å². The largest absolute Gasteiger partial charge is 0.455 e. The van der Waals surface area contributed by atoms with Crippen molar-refractivity contribution in [3.63, 3.8) is 0 Å². The molecule has 0 bridgehead atoms. The van der Waals surface area contributed by atoms with E-state index in [-0.39, 0.29) is 0 Å². The van der Waals surface area contributed by atoms with Gasteiger partial charge in [-0.1, -0.05) is 12.1 Å². The van der Waals surface area contributed by atoms with E-state index in [1.807, 2.05) is 44.2 Å². The molecule has 2 N–H and O–H groups in total. The van der Waals surface area contributed by atoms with Gasteiger partial charge in [0.1, 0.15) is 5.58 Å². The Kier molecular flexibility index (Phi) is 4.60. The molecule has 5 heteroatoms. The monoisotopic (exact) mass is 312 g/mol. The first kappa shape index (κ1) is 15.5. The Labute approximate surface area is 135 Å². The summed E-state index contributed by atoms with van der Waals surface area (Å²) in [6.07, 6.45) is 3.04. The van der Waals surface area contributed by atoms with Crippen LogP contribution >= 0.6 is 0 Å². The fraction of sp³-hybridized carbons (Fsp3) is 0.278. The predicted octanol–water partition coefficient (Wildman–Crippen LogP) is 4.15. The molecule has 0 saturated heterocycles. The fourth-order valence-electron chi connectivity index (χ4n) is 2.53. The van der Waals surface area contributed by atoms with Crippen LogP contribution in [0.1, 0.15) is 25.9 Å². The maximum Gasteiger partial charge on any atom is 0.217 e. The highest BCUT2D eigenvalue weighted by molar-refractivity contribution is 5.92. The summed E-state index contributed by atoms with van der Waals surface area (Å²) in [5.41, 5.74) is 9.20. The van der Waals surface area contributed by atoms with Gasteiger partial charge in [-0.2, -0.15) is 0 Å². The SMILES string of the molecule is CCOC(OCC)c1cc2cncc(-c3cccc(N)c3)c2o1. The van der Waals surface area contributed by atoms with Gasteiger partial charge in [-0.05, 0) is 37.6 Å². The van der Waals surface area contributed by atoms with Crippen molar-refractivity contribution in [3.8, 4) is 11.1 Å². The molecule has 0 radical (unpaired) electrons. The molecule has 23 heavy (non-hydrogen) atoms. The van der Waals surface area contributed by atoms with Gasteiger partial charge < -0.3 is 19.6 Å². The molecule has 0 unspecified atom stereocenters. The normalized spacial score (nSPS) is 11.4. The molecule has 0 spiro atoms. The lowest BCUT2D eigenvalue weighted by molar-refractivity contribution is -0.150. The second kappa shape index (κ2) is 6.81. The van der Waals surface area contributed by atoms with Crippen molar-refractivity contribution in [2.45, 2.75) is 20.1 Å². The van der Waals surface area contributed by atoms with Gasteiger partial charge >= 0.3 is 0 Å². The molecular formula is C18H20N2O3. The fourth-order valence-corrected chi connectivity index (χ4v) is 2.53. The number of nitrogens with two attached hydrogens (primary N) is 1. The first-order chi connectivity index (χ1) is 11.2. The molecule has 0 saturated carbocycles. The number of nitrogen functional groups attached to an aromatic ring is 1. The molecule has 0 aliphatic carbocycles. The molecule has 2 heterocycles. The van der Waals surface area contributed by atoms with Gasteiger partial charge in [-0.25, -0.2) is 0 Å². The summed E-state index contributed by atoms with van der Waals surface area (Å²) in [7, 11) is 0. The minimum absolute atomic E-state index is 0.508. The summed E-state index contributed by atoms with van der Waals surface area (Å²) in [6, 6.07) is 9.56. The van der Waals surface area contributed by atoms with Crippen molar-refractivity contribution in [1.82, 2.24) is 4.98 Å². The predicted molar refractivity (Wildman–Crippen MR) is 89.9 cm³/mol.